The Morgan fingerprint density at radius 1 is 1.20 bits per heavy atom. The summed E-state index contributed by atoms with van der Waals surface area (Å²) in [6.45, 7) is 5.12. The molecule has 0 aliphatic heterocycles. The van der Waals surface area contributed by atoms with E-state index in [0.717, 1.165) is 22.4 Å². The van der Waals surface area contributed by atoms with Crippen molar-refractivity contribution in [2.75, 3.05) is 7.11 Å². The molecule has 130 valence electrons. The highest BCUT2D eigenvalue weighted by Gasteiger charge is 2.14. The molecule has 0 bridgehead atoms. The summed E-state index contributed by atoms with van der Waals surface area (Å²) in [6, 6.07) is 15.8. The van der Waals surface area contributed by atoms with Gasteiger partial charge in [0.1, 0.15) is 5.82 Å². The summed E-state index contributed by atoms with van der Waals surface area (Å²) in [4.78, 5) is 17.2. The molecule has 25 heavy (non-hydrogen) atoms. The van der Waals surface area contributed by atoms with Crippen molar-refractivity contribution in [3.05, 3.63) is 65.5 Å². The van der Waals surface area contributed by atoms with Gasteiger partial charge in [0.15, 0.2) is 0 Å². The lowest BCUT2D eigenvalue weighted by Gasteiger charge is -2.13. The predicted molar refractivity (Wildman–Crippen MR) is 98.4 cm³/mol. The van der Waals surface area contributed by atoms with Crippen molar-refractivity contribution in [1.82, 2.24) is 14.9 Å². The van der Waals surface area contributed by atoms with Crippen LogP contribution in [0.15, 0.2) is 48.5 Å². The first-order valence-electron chi connectivity index (χ1n) is 8.42. The van der Waals surface area contributed by atoms with Crippen LogP contribution in [0.4, 0.5) is 0 Å². The molecule has 0 atom stereocenters. The van der Waals surface area contributed by atoms with E-state index in [-0.39, 0.29) is 11.9 Å². The number of ether oxygens (including phenoxy) is 1. The summed E-state index contributed by atoms with van der Waals surface area (Å²) < 4.78 is 7.29. The molecule has 3 rings (SSSR count). The van der Waals surface area contributed by atoms with Gasteiger partial charge in [0.05, 0.1) is 24.2 Å². The highest BCUT2D eigenvalue weighted by Crippen LogP contribution is 2.20. The molecule has 0 aliphatic rings. The molecule has 0 saturated heterocycles. The van der Waals surface area contributed by atoms with E-state index in [9.17, 15) is 4.79 Å². The average molecular weight is 337 g/mol. The van der Waals surface area contributed by atoms with Crippen LogP contribution in [-0.2, 0) is 17.9 Å². The molecule has 1 N–H and O–H groups in total. The largest absolute Gasteiger partial charge is 0.380 e. The molecule has 0 spiro atoms. The topological polar surface area (TPSA) is 56.1 Å². The van der Waals surface area contributed by atoms with Gasteiger partial charge >= 0.3 is 0 Å². The van der Waals surface area contributed by atoms with Gasteiger partial charge in [0.25, 0.3) is 5.91 Å². The Morgan fingerprint density at radius 2 is 2.00 bits per heavy atom. The van der Waals surface area contributed by atoms with E-state index in [1.165, 1.54) is 0 Å². The van der Waals surface area contributed by atoms with E-state index in [2.05, 4.69) is 34.8 Å². The number of para-hydroxylation sites is 2. The number of amides is 1. The van der Waals surface area contributed by atoms with Crippen molar-refractivity contribution < 1.29 is 9.53 Å². The number of carbonyl (C=O) groups is 1. The van der Waals surface area contributed by atoms with Crippen molar-refractivity contribution in [2.24, 2.45) is 0 Å². The van der Waals surface area contributed by atoms with Gasteiger partial charge in [-0.2, -0.15) is 0 Å². The number of hydrogen-bond donors (Lipinski definition) is 1. The minimum atomic E-state index is -0.111. The van der Waals surface area contributed by atoms with Gasteiger partial charge in [-0.05, 0) is 43.7 Å². The highest BCUT2D eigenvalue weighted by molar-refractivity contribution is 5.94. The Labute approximate surface area is 147 Å². The molecule has 1 amide bonds. The maximum absolute atomic E-state index is 12.5. The van der Waals surface area contributed by atoms with Gasteiger partial charge in [-0.1, -0.05) is 24.3 Å². The Kier molecular flexibility index (Phi) is 5.14. The molecule has 5 nitrogen and oxygen atoms in total. The smallest absolute Gasteiger partial charge is 0.251 e. The molecule has 1 aromatic heterocycles. The minimum Gasteiger partial charge on any atom is -0.380 e. The lowest BCUT2D eigenvalue weighted by molar-refractivity contribution is 0.0949. The highest BCUT2D eigenvalue weighted by atomic mass is 16.5. The number of methoxy groups -OCH3 is 1. The predicted octanol–water partition coefficient (Wildman–Crippen LogP) is 3.69. The fourth-order valence-electron chi connectivity index (χ4n) is 3.03. The number of carbonyl (C=O) groups excluding carboxylic acids is 1. The van der Waals surface area contributed by atoms with Crippen LogP contribution in [0.5, 0.6) is 0 Å². The number of nitrogens with one attached hydrogen (secondary N) is 1. The third kappa shape index (κ3) is 3.72. The molecule has 0 fully saturated rings. The standard InChI is InChI=1S/C20H23N3O2/c1-14(2)23-18-10-5-4-9-17(18)22-19(23)12-21-20(24)16-8-6-7-15(11-16)13-25-3/h4-11,14H,12-13H2,1-3H3,(H,21,24). The maximum Gasteiger partial charge on any atom is 0.251 e. The van der Waals surface area contributed by atoms with Crippen molar-refractivity contribution in [3.8, 4) is 0 Å². The lowest BCUT2D eigenvalue weighted by Crippen LogP contribution is -2.25. The first-order chi connectivity index (χ1) is 12.1. The first-order valence-corrected chi connectivity index (χ1v) is 8.42. The number of rotatable bonds is 6. The van der Waals surface area contributed by atoms with Gasteiger partial charge in [-0.3, -0.25) is 4.79 Å². The Hall–Kier alpha value is -2.66. The minimum absolute atomic E-state index is 0.111. The van der Waals surface area contributed by atoms with Crippen molar-refractivity contribution in [3.63, 3.8) is 0 Å². The second-order valence-electron chi connectivity index (χ2n) is 6.30. The van der Waals surface area contributed by atoms with Gasteiger partial charge in [0, 0.05) is 18.7 Å². The molecule has 2 aromatic carbocycles. The second kappa shape index (κ2) is 7.49. The van der Waals surface area contributed by atoms with Crippen LogP contribution in [0, 0.1) is 0 Å². The van der Waals surface area contributed by atoms with Gasteiger partial charge < -0.3 is 14.6 Å². The SMILES string of the molecule is COCc1cccc(C(=O)NCc2nc3ccccc3n2C(C)C)c1. The summed E-state index contributed by atoms with van der Waals surface area (Å²) in [5.41, 5.74) is 3.64. The van der Waals surface area contributed by atoms with E-state index in [4.69, 9.17) is 4.74 Å². The van der Waals surface area contributed by atoms with Crippen LogP contribution >= 0.6 is 0 Å². The Balaban J connectivity index is 1.79. The zero-order chi connectivity index (χ0) is 17.8. The van der Waals surface area contributed by atoms with Crippen LogP contribution in [0.2, 0.25) is 0 Å². The Morgan fingerprint density at radius 3 is 2.76 bits per heavy atom. The molecular formula is C20H23N3O2. The van der Waals surface area contributed by atoms with E-state index < -0.39 is 0 Å². The van der Waals surface area contributed by atoms with Crippen LogP contribution in [0.3, 0.4) is 0 Å². The Bertz CT molecular complexity index is 884. The van der Waals surface area contributed by atoms with Crippen molar-refractivity contribution in [1.29, 1.82) is 0 Å². The number of nitrogens with zero attached hydrogens (tertiary/aromatic N) is 2. The quantitative estimate of drug-likeness (QED) is 0.746. The molecule has 0 radical (unpaired) electrons. The fourth-order valence-corrected chi connectivity index (χ4v) is 3.03. The molecular weight excluding hydrogens is 314 g/mol. The third-order valence-electron chi connectivity index (χ3n) is 4.09. The number of fused-ring (bicyclic) bond motifs is 1. The monoisotopic (exact) mass is 337 g/mol. The summed E-state index contributed by atoms with van der Waals surface area (Å²) in [6.07, 6.45) is 0. The van der Waals surface area contributed by atoms with Crippen LogP contribution in [0.1, 0.15) is 41.6 Å². The number of aromatic nitrogens is 2. The van der Waals surface area contributed by atoms with E-state index >= 15 is 0 Å². The molecule has 5 heteroatoms. The normalized spacial score (nSPS) is 11.2. The summed E-state index contributed by atoms with van der Waals surface area (Å²) in [7, 11) is 1.64. The molecule has 0 saturated carbocycles. The zero-order valence-corrected chi connectivity index (χ0v) is 14.8. The van der Waals surface area contributed by atoms with Crippen molar-refractivity contribution in [2.45, 2.75) is 33.0 Å². The molecule has 0 aliphatic carbocycles. The lowest BCUT2D eigenvalue weighted by atomic mass is 10.1. The van der Waals surface area contributed by atoms with Crippen LogP contribution in [-0.4, -0.2) is 22.6 Å². The van der Waals surface area contributed by atoms with Crippen LogP contribution in [0.25, 0.3) is 11.0 Å². The van der Waals surface area contributed by atoms with Gasteiger partial charge in [-0.25, -0.2) is 4.98 Å². The molecule has 0 unspecified atom stereocenters. The zero-order valence-electron chi connectivity index (χ0n) is 14.8. The number of benzene rings is 2. The number of hydrogen-bond acceptors (Lipinski definition) is 3. The van der Waals surface area contributed by atoms with E-state index in [0.29, 0.717) is 18.7 Å². The van der Waals surface area contributed by atoms with E-state index in [1.54, 1.807) is 13.2 Å². The second-order valence-corrected chi connectivity index (χ2v) is 6.30. The van der Waals surface area contributed by atoms with Crippen molar-refractivity contribution >= 4 is 16.9 Å². The first kappa shape index (κ1) is 17.2. The molecule has 3 aromatic rings. The van der Waals surface area contributed by atoms with E-state index in [1.807, 2.05) is 36.4 Å². The summed E-state index contributed by atoms with van der Waals surface area (Å²) >= 11 is 0. The number of imidazole rings is 1. The maximum atomic E-state index is 12.5. The molecule has 1 heterocycles. The van der Waals surface area contributed by atoms with Crippen LogP contribution < -0.4 is 5.32 Å². The third-order valence-corrected chi connectivity index (χ3v) is 4.09. The summed E-state index contributed by atoms with van der Waals surface area (Å²) in [5.74, 6) is 0.748. The van der Waals surface area contributed by atoms with Gasteiger partial charge in [-0.15, -0.1) is 0 Å². The fraction of sp³-hybridized carbons (Fsp3) is 0.300. The average Bonchev–Trinajstić information content (AvgIpc) is 2.98. The summed E-state index contributed by atoms with van der Waals surface area (Å²) in [5, 5.41) is 2.98. The van der Waals surface area contributed by atoms with Gasteiger partial charge in [0.2, 0.25) is 0 Å².